The van der Waals surface area contributed by atoms with Crippen LogP contribution in [0.5, 0.6) is 5.88 Å². The topological polar surface area (TPSA) is 107 Å². The number of allylic oxidation sites excluding steroid dienone is 2. The van der Waals surface area contributed by atoms with Crippen LogP contribution in [-0.4, -0.2) is 60.1 Å². The van der Waals surface area contributed by atoms with E-state index in [1.165, 1.54) is 6.07 Å². The normalized spacial score (nSPS) is 18.1. The Labute approximate surface area is 267 Å². The number of halogens is 2. The second kappa shape index (κ2) is 13.5. The van der Waals surface area contributed by atoms with E-state index >= 15 is 0 Å². The fourth-order valence-corrected chi connectivity index (χ4v) is 7.83. The minimum absolute atomic E-state index is 0.0816. The number of hydrogen-bond donors (Lipinski definition) is 0. The summed E-state index contributed by atoms with van der Waals surface area (Å²) in [6.45, 7) is 4.93. The van der Waals surface area contributed by atoms with E-state index in [1.807, 2.05) is 28.9 Å². The van der Waals surface area contributed by atoms with Crippen molar-refractivity contribution in [3.05, 3.63) is 110 Å². The highest BCUT2D eigenvalue weighted by molar-refractivity contribution is 6.36. The third kappa shape index (κ3) is 6.29. The number of anilines is 1. The Hall–Kier alpha value is -4.49. The Bertz CT molecular complexity index is 1850. The van der Waals surface area contributed by atoms with Gasteiger partial charge in [-0.2, -0.15) is 0 Å². The first-order valence-corrected chi connectivity index (χ1v) is 16.8. The maximum atomic E-state index is 14.9. The molecule has 46 heavy (non-hydrogen) atoms. The maximum Gasteiger partial charge on any atom is 0.363 e. The molecule has 5 heterocycles. The second-order valence-corrected chi connectivity index (χ2v) is 13.0. The Kier molecular flexibility index (Phi) is 9.22. The van der Waals surface area contributed by atoms with E-state index in [-0.39, 0.29) is 40.2 Å². The van der Waals surface area contributed by atoms with Crippen molar-refractivity contribution in [2.75, 3.05) is 25.1 Å². The predicted octanol–water partition coefficient (Wildman–Crippen LogP) is 5.31. The van der Waals surface area contributed by atoms with Crippen LogP contribution in [0.3, 0.4) is 0 Å². The molecular formula is C33H34F2N6O4Si. The van der Waals surface area contributed by atoms with Crippen molar-refractivity contribution in [3.63, 3.8) is 0 Å². The van der Waals surface area contributed by atoms with Gasteiger partial charge >= 0.3 is 5.82 Å². The summed E-state index contributed by atoms with van der Waals surface area (Å²) in [5.74, 6) is -1.62. The van der Waals surface area contributed by atoms with E-state index in [1.54, 1.807) is 31.8 Å². The molecule has 1 fully saturated rings. The largest absolute Gasteiger partial charge is 0.481 e. The van der Waals surface area contributed by atoms with Gasteiger partial charge in [0.15, 0.2) is 23.3 Å². The first kappa shape index (κ1) is 31.5. The quantitative estimate of drug-likeness (QED) is 0.105. The summed E-state index contributed by atoms with van der Waals surface area (Å²) >= 11 is 0. The van der Waals surface area contributed by atoms with Gasteiger partial charge < -0.3 is 24.3 Å². The van der Waals surface area contributed by atoms with E-state index in [0.29, 0.717) is 46.1 Å². The smallest absolute Gasteiger partial charge is 0.363 e. The monoisotopic (exact) mass is 644 g/mol. The molecule has 6 rings (SSSR count). The maximum absolute atomic E-state index is 14.9. The average Bonchev–Trinajstić information content (AvgIpc) is 3.42. The van der Waals surface area contributed by atoms with Crippen molar-refractivity contribution in [1.82, 2.24) is 19.4 Å². The number of aromatic nitrogens is 3. The third-order valence-corrected chi connectivity index (χ3v) is 10.2. The van der Waals surface area contributed by atoms with Crippen LogP contribution in [-0.2, 0) is 26.1 Å². The summed E-state index contributed by atoms with van der Waals surface area (Å²) in [7, 11) is 2.14. The van der Waals surface area contributed by atoms with Gasteiger partial charge in [-0.05, 0) is 58.5 Å². The van der Waals surface area contributed by atoms with Gasteiger partial charge in [0, 0.05) is 89.3 Å². The lowest BCUT2D eigenvalue weighted by Gasteiger charge is -2.37. The molecule has 0 aliphatic carbocycles. The van der Waals surface area contributed by atoms with Gasteiger partial charge in [-0.3, -0.25) is 9.69 Å². The molecule has 13 heteroatoms. The summed E-state index contributed by atoms with van der Waals surface area (Å²) in [6, 6.07) is 8.12. The Morgan fingerprint density at radius 3 is 2.76 bits per heavy atom. The predicted molar refractivity (Wildman–Crippen MR) is 172 cm³/mol. The zero-order valence-corrected chi connectivity index (χ0v) is 26.7. The zero-order chi connectivity index (χ0) is 32.4. The molecule has 4 aromatic rings. The highest BCUT2D eigenvalue weighted by atomic mass is 28.2. The molecule has 238 valence electrons. The zero-order valence-electron chi connectivity index (χ0n) is 25.7. The number of nitrogens with zero attached hydrogens (tertiary/aromatic N) is 6. The van der Waals surface area contributed by atoms with E-state index in [0.717, 1.165) is 43.2 Å². The number of ether oxygens (including phenoxy) is 1. The van der Waals surface area contributed by atoms with Crippen molar-refractivity contribution >= 4 is 31.9 Å². The SMILES string of the molecule is COc1cc(CN(Cc2cn3c4c(c(F)c(F)cc4c2=O)CC=CC3)[C@H]2CCCN(c3ccc([N+](=O)[O-])nc3)CC2[Si]C)ccn1. The molecule has 1 unspecified atom stereocenters. The molecule has 0 bridgehead atoms. The lowest BCUT2D eigenvalue weighted by molar-refractivity contribution is -0.389. The Morgan fingerprint density at radius 2 is 2.02 bits per heavy atom. The van der Waals surface area contributed by atoms with E-state index in [4.69, 9.17) is 4.74 Å². The molecule has 0 N–H and O–H groups in total. The van der Waals surface area contributed by atoms with Gasteiger partial charge in [0.2, 0.25) is 5.88 Å². The first-order valence-electron chi connectivity index (χ1n) is 15.2. The van der Waals surface area contributed by atoms with Crippen molar-refractivity contribution in [2.45, 2.75) is 57.0 Å². The Balaban J connectivity index is 1.38. The van der Waals surface area contributed by atoms with Gasteiger partial charge in [-0.15, -0.1) is 0 Å². The highest BCUT2D eigenvalue weighted by Gasteiger charge is 2.32. The fraction of sp³-hybridized carbons (Fsp3) is 0.364. The number of methoxy groups -OCH3 is 1. The summed E-state index contributed by atoms with van der Waals surface area (Å²) in [5, 5.41) is 11.3. The van der Waals surface area contributed by atoms with Gasteiger partial charge in [0.1, 0.15) is 0 Å². The number of benzene rings is 1. The van der Waals surface area contributed by atoms with Crippen molar-refractivity contribution in [2.24, 2.45) is 0 Å². The molecule has 2 aliphatic rings. The molecule has 1 aromatic carbocycles. The fourth-order valence-electron chi connectivity index (χ4n) is 6.66. The van der Waals surface area contributed by atoms with Gasteiger partial charge in [0.05, 0.1) is 18.3 Å². The third-order valence-electron chi connectivity index (χ3n) is 8.91. The lowest BCUT2D eigenvalue weighted by Crippen LogP contribution is -2.42. The minimum Gasteiger partial charge on any atom is -0.481 e. The van der Waals surface area contributed by atoms with Crippen LogP contribution >= 0.6 is 0 Å². The summed E-state index contributed by atoms with van der Waals surface area (Å²) in [6.07, 6.45) is 10.7. The molecule has 2 atom stereocenters. The number of rotatable bonds is 9. The van der Waals surface area contributed by atoms with E-state index in [2.05, 4.69) is 26.3 Å². The molecule has 0 spiro atoms. The van der Waals surface area contributed by atoms with Crippen molar-refractivity contribution < 1.29 is 18.4 Å². The molecule has 2 radical (unpaired) electrons. The molecule has 0 saturated carbocycles. The molecule has 10 nitrogen and oxygen atoms in total. The van der Waals surface area contributed by atoms with E-state index < -0.39 is 16.6 Å². The number of pyridine rings is 3. The van der Waals surface area contributed by atoms with Crippen molar-refractivity contribution in [3.8, 4) is 5.88 Å². The number of hydrogen-bond acceptors (Lipinski definition) is 8. The van der Waals surface area contributed by atoms with Crippen LogP contribution in [0.4, 0.5) is 20.3 Å². The summed E-state index contributed by atoms with van der Waals surface area (Å²) in [5.41, 5.74) is 2.88. The summed E-state index contributed by atoms with van der Waals surface area (Å²) < 4.78 is 36.9. The summed E-state index contributed by atoms with van der Waals surface area (Å²) in [4.78, 5) is 37.5. The average molecular weight is 645 g/mol. The van der Waals surface area contributed by atoms with Gasteiger partial charge in [-0.25, -0.2) is 13.8 Å². The molecule has 0 amide bonds. The Morgan fingerprint density at radius 1 is 1.17 bits per heavy atom. The van der Waals surface area contributed by atoms with Gasteiger partial charge in [-0.1, -0.05) is 18.7 Å². The van der Waals surface area contributed by atoms with Crippen LogP contribution in [0, 0.1) is 21.7 Å². The first-order chi connectivity index (χ1) is 22.3. The van der Waals surface area contributed by atoms with Crippen LogP contribution < -0.4 is 15.1 Å². The van der Waals surface area contributed by atoms with E-state index in [9.17, 15) is 23.7 Å². The lowest BCUT2D eigenvalue weighted by atomic mass is 10.0. The standard InChI is InChI=1S/C33H34F2N6O4Si/c1-45-30-14-21(10-11-36-30)17-40(27-7-5-13-38(20-28(27)46-2)23-8-9-29(37-16-23)41(43)44)19-22-18-39-12-4-3-6-24-31(35)26(34)15-25(32(24)39)33(22)42/h3-4,8-11,14-16,18,27-28H,5-7,12-13,17,19-20H2,1-2H3/t27-,28?/m0/s1. The minimum atomic E-state index is -1.02. The van der Waals surface area contributed by atoms with Crippen molar-refractivity contribution in [1.29, 1.82) is 0 Å². The van der Waals surface area contributed by atoms with Gasteiger partial charge in [0.25, 0.3) is 0 Å². The number of nitro groups is 1. The molecule has 1 saturated heterocycles. The van der Waals surface area contributed by atoms with Crippen LogP contribution in [0.1, 0.15) is 29.5 Å². The van der Waals surface area contributed by atoms with Crippen LogP contribution in [0.15, 0.2) is 65.9 Å². The van der Waals surface area contributed by atoms with Crippen LogP contribution in [0.2, 0.25) is 12.1 Å². The second-order valence-electron chi connectivity index (χ2n) is 11.7. The molecule has 3 aromatic heterocycles. The van der Waals surface area contributed by atoms with Crippen LogP contribution in [0.25, 0.3) is 10.9 Å². The molecule has 2 aliphatic heterocycles. The molecular weight excluding hydrogens is 610 g/mol. The highest BCUT2D eigenvalue weighted by Crippen LogP contribution is 2.32.